The topological polar surface area (TPSA) is 30.9 Å². The summed E-state index contributed by atoms with van der Waals surface area (Å²) in [5.74, 6) is 0. The Balaban J connectivity index is 1.29. The van der Waals surface area contributed by atoms with Crippen LogP contribution in [0.4, 0.5) is 0 Å². The van der Waals surface area contributed by atoms with Gasteiger partial charge >= 0.3 is 0 Å². The lowest BCUT2D eigenvalue weighted by atomic mass is 9.88. The van der Waals surface area contributed by atoms with Gasteiger partial charge in [-0.15, -0.1) is 0 Å². The highest BCUT2D eigenvalue weighted by atomic mass is 15.0. The largest absolute Gasteiger partial charge is 0.399 e. The Bertz CT molecular complexity index is 2770. The lowest BCUT2D eigenvalue weighted by Gasteiger charge is -2.15. The predicted octanol–water partition coefficient (Wildman–Crippen LogP) is 9.03. The molecule has 8 aromatic rings. The van der Waals surface area contributed by atoms with Gasteiger partial charge < -0.3 is 10.3 Å². The molecule has 10 rings (SSSR count). The van der Waals surface area contributed by atoms with Crippen molar-refractivity contribution in [2.24, 2.45) is 5.73 Å². The summed E-state index contributed by atoms with van der Waals surface area (Å²) in [4.78, 5) is 0. The zero-order valence-electron chi connectivity index (χ0n) is 24.6. The molecule has 45 heavy (non-hydrogen) atoms. The Morgan fingerprint density at radius 1 is 0.533 bits per heavy atom. The molecule has 0 atom stereocenters. The van der Waals surface area contributed by atoms with Gasteiger partial charge in [0.05, 0.1) is 11.0 Å². The van der Waals surface area contributed by atoms with E-state index in [4.69, 9.17) is 5.73 Å². The fourth-order valence-electron chi connectivity index (χ4n) is 7.91. The quantitative estimate of drug-likeness (QED) is 0.206. The average molecular weight is 573 g/mol. The van der Waals surface area contributed by atoms with Gasteiger partial charge in [0, 0.05) is 22.2 Å². The maximum atomic E-state index is 6.19. The van der Waals surface area contributed by atoms with E-state index >= 15 is 0 Å². The smallest absolute Gasteiger partial charge is 0.0541 e. The van der Waals surface area contributed by atoms with Crippen molar-refractivity contribution in [3.63, 3.8) is 0 Å². The van der Waals surface area contributed by atoms with Crippen LogP contribution in [-0.2, 0) is 0 Å². The molecular weight excluding hydrogens is 544 g/mol. The first kappa shape index (κ1) is 24.6. The summed E-state index contributed by atoms with van der Waals surface area (Å²) >= 11 is 0. The third-order valence-electron chi connectivity index (χ3n) is 9.88. The lowest BCUT2D eigenvalue weighted by molar-refractivity contribution is 1.18. The Hall–Kier alpha value is -5.86. The highest BCUT2D eigenvalue weighted by molar-refractivity contribution is 6.28. The van der Waals surface area contributed by atoms with Gasteiger partial charge in [0.1, 0.15) is 0 Å². The van der Waals surface area contributed by atoms with Crippen molar-refractivity contribution < 1.29 is 0 Å². The van der Waals surface area contributed by atoms with Gasteiger partial charge in [-0.1, -0.05) is 91.0 Å². The second-order valence-corrected chi connectivity index (χ2v) is 12.3. The number of hydrogen-bond donors (Lipinski definition) is 1. The molecule has 1 aromatic heterocycles. The van der Waals surface area contributed by atoms with Gasteiger partial charge in [-0.2, -0.15) is 0 Å². The van der Waals surface area contributed by atoms with Crippen molar-refractivity contribution in [3.8, 4) is 16.8 Å². The number of fused-ring (bicyclic) bond motifs is 11. The van der Waals surface area contributed by atoms with Crippen molar-refractivity contribution in [1.29, 1.82) is 0 Å². The molecule has 0 amide bonds. The van der Waals surface area contributed by atoms with Gasteiger partial charge in [-0.05, 0) is 126 Å². The summed E-state index contributed by atoms with van der Waals surface area (Å²) in [5, 5.41) is 12.9. The molecule has 210 valence electrons. The molecule has 0 radical (unpaired) electrons. The van der Waals surface area contributed by atoms with E-state index in [1.165, 1.54) is 92.5 Å². The molecule has 0 saturated heterocycles. The fourth-order valence-corrected chi connectivity index (χ4v) is 7.91. The van der Waals surface area contributed by atoms with E-state index in [0.717, 1.165) is 12.1 Å². The molecule has 2 aliphatic rings. The summed E-state index contributed by atoms with van der Waals surface area (Å²) in [6.45, 7) is 0. The van der Waals surface area contributed by atoms with Gasteiger partial charge in [-0.3, -0.25) is 0 Å². The van der Waals surface area contributed by atoms with E-state index in [9.17, 15) is 0 Å². The SMILES string of the molecule is NC1=CCC2=c3cc4c5ccccc5c5c(-c6ccc7c(c6)c6ccccc6n7-c6ccccc6)cccc5c4cc3=CC2=C1. The maximum absolute atomic E-state index is 6.19. The first-order valence-corrected chi connectivity index (χ1v) is 15.6. The molecule has 2 N–H and O–H groups in total. The number of aromatic nitrogens is 1. The van der Waals surface area contributed by atoms with Crippen LogP contribution in [0.25, 0.3) is 82.6 Å². The van der Waals surface area contributed by atoms with Crippen molar-refractivity contribution in [3.05, 3.63) is 161 Å². The Kier molecular flexibility index (Phi) is 4.95. The summed E-state index contributed by atoms with van der Waals surface area (Å²) in [6.07, 6.45) is 7.43. The van der Waals surface area contributed by atoms with Crippen LogP contribution in [0.2, 0.25) is 0 Å². The van der Waals surface area contributed by atoms with E-state index < -0.39 is 0 Å². The minimum atomic E-state index is 0.853. The number of nitrogens with zero attached hydrogens (tertiary/aromatic N) is 1. The Morgan fingerprint density at radius 2 is 1.24 bits per heavy atom. The first-order valence-electron chi connectivity index (χ1n) is 15.6. The molecule has 0 unspecified atom stereocenters. The molecule has 0 fully saturated rings. The van der Waals surface area contributed by atoms with Gasteiger partial charge in [0.2, 0.25) is 0 Å². The van der Waals surface area contributed by atoms with E-state index in [-0.39, 0.29) is 0 Å². The summed E-state index contributed by atoms with van der Waals surface area (Å²) in [5.41, 5.74) is 15.8. The van der Waals surface area contributed by atoms with E-state index in [1.807, 2.05) is 0 Å². The highest BCUT2D eigenvalue weighted by Crippen LogP contribution is 2.42. The third-order valence-corrected chi connectivity index (χ3v) is 9.88. The number of hydrogen-bond acceptors (Lipinski definition) is 1. The van der Waals surface area contributed by atoms with Gasteiger partial charge in [0.15, 0.2) is 0 Å². The number of benzene rings is 7. The summed E-state index contributed by atoms with van der Waals surface area (Å²) in [7, 11) is 0. The molecule has 0 aliphatic heterocycles. The monoisotopic (exact) mass is 572 g/mol. The number of nitrogens with two attached hydrogens (primary N) is 1. The van der Waals surface area contributed by atoms with Crippen LogP contribution in [0.5, 0.6) is 0 Å². The molecule has 2 nitrogen and oxygen atoms in total. The number of rotatable bonds is 2. The van der Waals surface area contributed by atoms with Gasteiger partial charge in [0.25, 0.3) is 0 Å². The third kappa shape index (κ3) is 3.45. The minimum Gasteiger partial charge on any atom is -0.399 e. The predicted molar refractivity (Wildman–Crippen MR) is 191 cm³/mol. The van der Waals surface area contributed by atoms with Crippen molar-refractivity contribution in [1.82, 2.24) is 4.57 Å². The zero-order chi connectivity index (χ0) is 29.6. The Morgan fingerprint density at radius 3 is 2.13 bits per heavy atom. The average Bonchev–Trinajstić information content (AvgIpc) is 3.61. The second-order valence-electron chi connectivity index (χ2n) is 12.3. The molecular formula is C43H28N2. The standard InChI is InChI=1S/C43H28N2/c44-29-18-19-31-27(22-29)21-28-24-38-36-15-8-14-32(43(36)35-13-5-4-11-33(35)39(38)25-37(28)31)26-17-20-42-40(23-26)34-12-6-7-16-41(34)45(42)30-9-2-1-3-10-30/h1-18,20-25H,19,44H2. The van der Waals surface area contributed by atoms with E-state index in [1.54, 1.807) is 0 Å². The molecule has 0 bridgehead atoms. The van der Waals surface area contributed by atoms with Crippen LogP contribution in [0.1, 0.15) is 6.42 Å². The summed E-state index contributed by atoms with van der Waals surface area (Å²) < 4.78 is 2.38. The molecule has 0 saturated carbocycles. The number of para-hydroxylation sites is 2. The minimum absolute atomic E-state index is 0.853. The molecule has 0 spiro atoms. The highest BCUT2D eigenvalue weighted by Gasteiger charge is 2.19. The van der Waals surface area contributed by atoms with Crippen LogP contribution in [0.15, 0.2) is 151 Å². The van der Waals surface area contributed by atoms with Crippen molar-refractivity contribution in [2.45, 2.75) is 6.42 Å². The number of allylic oxidation sites excluding steroid dienone is 3. The van der Waals surface area contributed by atoms with Crippen molar-refractivity contribution >= 4 is 65.8 Å². The molecule has 2 heteroatoms. The van der Waals surface area contributed by atoms with E-state index in [0.29, 0.717) is 0 Å². The normalized spacial score (nSPS) is 14.2. The van der Waals surface area contributed by atoms with Crippen LogP contribution in [0.3, 0.4) is 0 Å². The van der Waals surface area contributed by atoms with Crippen LogP contribution in [0, 0.1) is 0 Å². The Labute approximate surface area is 259 Å². The van der Waals surface area contributed by atoms with Crippen LogP contribution >= 0.6 is 0 Å². The second kappa shape index (κ2) is 9.07. The molecule has 2 aliphatic carbocycles. The summed E-state index contributed by atoms with van der Waals surface area (Å²) in [6, 6.07) is 47.0. The zero-order valence-corrected chi connectivity index (χ0v) is 24.6. The lowest BCUT2D eigenvalue weighted by Crippen LogP contribution is -2.22. The molecule has 1 heterocycles. The van der Waals surface area contributed by atoms with Crippen LogP contribution in [-0.4, -0.2) is 4.57 Å². The maximum Gasteiger partial charge on any atom is 0.0541 e. The van der Waals surface area contributed by atoms with Gasteiger partial charge in [-0.25, -0.2) is 0 Å². The fraction of sp³-hybridized carbons (Fsp3) is 0.0233. The van der Waals surface area contributed by atoms with E-state index in [2.05, 4.69) is 150 Å². The first-order chi connectivity index (χ1) is 22.2. The molecule has 7 aromatic carbocycles. The van der Waals surface area contributed by atoms with Crippen LogP contribution < -0.4 is 16.2 Å². The van der Waals surface area contributed by atoms with Crippen molar-refractivity contribution in [2.75, 3.05) is 0 Å².